The summed E-state index contributed by atoms with van der Waals surface area (Å²) < 4.78 is 27.4. The fourth-order valence-electron chi connectivity index (χ4n) is 2.44. The first kappa shape index (κ1) is 20.4. The normalized spacial score (nSPS) is 10.9. The Morgan fingerprint density at radius 1 is 1.11 bits per heavy atom. The number of benzene rings is 2. The van der Waals surface area contributed by atoms with E-state index in [1.165, 1.54) is 17.4 Å². The zero-order valence-electron chi connectivity index (χ0n) is 14.8. The van der Waals surface area contributed by atoms with E-state index in [0.717, 1.165) is 28.1 Å². The Balaban J connectivity index is 1.75. The van der Waals surface area contributed by atoms with Crippen LogP contribution in [0.4, 0.5) is 14.5 Å². The summed E-state index contributed by atoms with van der Waals surface area (Å²) in [4.78, 5) is 23.3. The van der Waals surface area contributed by atoms with Gasteiger partial charge in [0.2, 0.25) is 0 Å². The maximum absolute atomic E-state index is 13.7. The zero-order chi connectivity index (χ0) is 20.1. The Kier molecular flexibility index (Phi) is 6.74. The quantitative estimate of drug-likeness (QED) is 0.285. The first-order valence-corrected chi connectivity index (χ1v) is 9.57. The molecule has 0 fully saturated rings. The molecule has 0 spiro atoms. The van der Waals surface area contributed by atoms with Crippen molar-refractivity contribution >= 4 is 34.5 Å². The average molecular weight is 424 g/mol. The van der Waals surface area contributed by atoms with Crippen molar-refractivity contribution in [1.82, 2.24) is 0 Å². The Hall–Kier alpha value is -2.32. The third-order valence-corrected chi connectivity index (χ3v) is 5.19. The van der Waals surface area contributed by atoms with E-state index in [4.69, 9.17) is 21.4 Å². The van der Waals surface area contributed by atoms with E-state index in [-0.39, 0.29) is 6.61 Å². The summed E-state index contributed by atoms with van der Waals surface area (Å²) in [7, 11) is 0. The number of nitrogens with one attached hydrogen (secondary N) is 1. The second kappa shape index (κ2) is 9.25. The molecule has 0 bridgehead atoms. The highest BCUT2D eigenvalue weighted by atomic mass is 35.5. The molecule has 2 aromatic carbocycles. The topological polar surface area (TPSA) is 47.6 Å². The van der Waals surface area contributed by atoms with Crippen molar-refractivity contribution in [3.63, 3.8) is 0 Å². The highest BCUT2D eigenvalue weighted by Crippen LogP contribution is 2.34. The van der Waals surface area contributed by atoms with Gasteiger partial charge in [-0.25, -0.2) is 18.6 Å². The molecule has 0 saturated carbocycles. The fourth-order valence-corrected chi connectivity index (χ4v) is 3.74. The molecule has 0 aliphatic heterocycles. The van der Waals surface area contributed by atoms with E-state index in [9.17, 15) is 13.6 Å². The van der Waals surface area contributed by atoms with Crippen LogP contribution in [0.15, 0.2) is 48.5 Å². The lowest BCUT2D eigenvalue weighted by atomic mass is 10.1. The van der Waals surface area contributed by atoms with Gasteiger partial charge in [0.15, 0.2) is 0 Å². The predicted octanol–water partition coefficient (Wildman–Crippen LogP) is 6.07. The molecule has 0 aliphatic carbocycles. The second-order valence-electron chi connectivity index (χ2n) is 5.70. The lowest BCUT2D eigenvalue weighted by Crippen LogP contribution is -2.12. The van der Waals surface area contributed by atoms with Crippen molar-refractivity contribution in [3.8, 4) is 10.4 Å². The van der Waals surface area contributed by atoms with Gasteiger partial charge in [0.25, 0.3) is 5.91 Å². The van der Waals surface area contributed by atoms with Gasteiger partial charge in [-0.05, 0) is 42.8 Å². The maximum Gasteiger partial charge on any atom is 0.265 e. The first-order chi connectivity index (χ1) is 13.5. The van der Waals surface area contributed by atoms with Gasteiger partial charge in [0.1, 0.15) is 23.9 Å². The van der Waals surface area contributed by atoms with Crippen molar-refractivity contribution in [2.75, 3.05) is 11.9 Å². The third-order valence-electron chi connectivity index (χ3n) is 3.76. The molecule has 1 heterocycles. The zero-order valence-corrected chi connectivity index (χ0v) is 16.4. The third kappa shape index (κ3) is 4.74. The number of thiophene rings is 1. The molecule has 0 radical (unpaired) electrons. The number of anilines is 1. The van der Waals surface area contributed by atoms with Gasteiger partial charge in [-0.15, -0.1) is 11.3 Å². The van der Waals surface area contributed by atoms with Crippen LogP contribution >= 0.6 is 22.9 Å². The van der Waals surface area contributed by atoms with Crippen LogP contribution < -0.4 is 5.32 Å². The molecule has 1 N–H and O–H groups in total. The van der Waals surface area contributed by atoms with Gasteiger partial charge in [-0.3, -0.25) is 4.79 Å². The van der Waals surface area contributed by atoms with E-state index in [1.54, 1.807) is 18.2 Å². The number of carbonyl (C=O) groups excluding carboxylic acids is 1. The monoisotopic (exact) mass is 423 g/mol. The van der Waals surface area contributed by atoms with Crippen LogP contribution in [0.3, 0.4) is 0 Å². The molecule has 8 heteroatoms. The molecular formula is C20H16ClF2NO3S. The maximum atomic E-state index is 13.7. The van der Waals surface area contributed by atoms with E-state index in [2.05, 4.69) is 5.32 Å². The fraction of sp³-hybridized carbons (Fsp3) is 0.150. The molecule has 1 aromatic heterocycles. The summed E-state index contributed by atoms with van der Waals surface area (Å²) in [6.07, 6.45) is 0. The van der Waals surface area contributed by atoms with E-state index in [1.807, 2.05) is 19.1 Å². The van der Waals surface area contributed by atoms with Gasteiger partial charge >= 0.3 is 0 Å². The Bertz CT molecular complexity index is 973. The summed E-state index contributed by atoms with van der Waals surface area (Å²) in [5.74, 6) is -2.27. The summed E-state index contributed by atoms with van der Waals surface area (Å²) >= 11 is 7.52. The van der Waals surface area contributed by atoms with E-state index in [0.29, 0.717) is 16.5 Å². The number of carbonyl (C=O) groups is 1. The van der Waals surface area contributed by atoms with Crippen LogP contribution in [0.2, 0.25) is 5.02 Å². The van der Waals surface area contributed by atoms with Gasteiger partial charge in [0.05, 0.1) is 11.5 Å². The van der Waals surface area contributed by atoms with Crippen LogP contribution in [0.25, 0.3) is 10.4 Å². The van der Waals surface area contributed by atoms with Crippen molar-refractivity contribution in [3.05, 3.63) is 75.6 Å². The second-order valence-corrected chi connectivity index (χ2v) is 7.19. The van der Waals surface area contributed by atoms with Crippen molar-refractivity contribution in [1.29, 1.82) is 0 Å². The van der Waals surface area contributed by atoms with Crippen molar-refractivity contribution in [2.24, 2.45) is 0 Å². The van der Waals surface area contributed by atoms with Crippen LogP contribution in [0.1, 0.15) is 22.2 Å². The standard InChI is InChI=1S/C20H16ClF2NO3S/c1-2-26-27-11-12-6-7-13(14(21)10-12)17-8-9-18(28-17)20(25)24-19-15(22)4-3-5-16(19)23/h3-10H,2,11H2,1H3,(H,24,25). The Labute approximate surface area is 169 Å². The minimum atomic E-state index is -0.835. The molecule has 0 unspecified atom stereocenters. The van der Waals surface area contributed by atoms with E-state index >= 15 is 0 Å². The first-order valence-electron chi connectivity index (χ1n) is 8.38. The molecule has 3 rings (SSSR count). The number of amides is 1. The van der Waals surface area contributed by atoms with Crippen LogP contribution in [0.5, 0.6) is 0 Å². The van der Waals surface area contributed by atoms with Crippen LogP contribution in [-0.2, 0) is 16.4 Å². The molecule has 4 nitrogen and oxygen atoms in total. The number of para-hydroxylation sites is 1. The van der Waals surface area contributed by atoms with Gasteiger partial charge in [-0.2, -0.15) is 0 Å². The molecular weight excluding hydrogens is 408 g/mol. The highest BCUT2D eigenvalue weighted by molar-refractivity contribution is 7.17. The molecule has 1 amide bonds. The minimum Gasteiger partial charge on any atom is -0.316 e. The van der Waals surface area contributed by atoms with Gasteiger partial charge < -0.3 is 5.32 Å². The number of hydrogen-bond donors (Lipinski definition) is 1. The largest absolute Gasteiger partial charge is 0.316 e. The molecule has 3 aromatic rings. The van der Waals surface area contributed by atoms with E-state index < -0.39 is 23.2 Å². The van der Waals surface area contributed by atoms with Gasteiger partial charge in [-0.1, -0.05) is 29.8 Å². The number of hydrogen-bond acceptors (Lipinski definition) is 4. The van der Waals surface area contributed by atoms with Crippen LogP contribution in [0, 0.1) is 11.6 Å². The summed E-state index contributed by atoms with van der Waals surface area (Å²) in [6, 6.07) is 12.1. The predicted molar refractivity (Wildman–Crippen MR) is 105 cm³/mol. The number of halogens is 3. The SMILES string of the molecule is CCOOCc1ccc(-c2ccc(C(=O)Nc3c(F)cccc3F)s2)c(Cl)c1. The van der Waals surface area contributed by atoms with Gasteiger partial charge in [0, 0.05) is 15.5 Å². The summed E-state index contributed by atoms with van der Waals surface area (Å²) in [5.41, 5.74) is 1.11. The van der Waals surface area contributed by atoms with Crippen molar-refractivity contribution in [2.45, 2.75) is 13.5 Å². The molecule has 0 saturated heterocycles. The smallest absolute Gasteiger partial charge is 0.265 e. The highest BCUT2D eigenvalue weighted by Gasteiger charge is 2.16. The number of rotatable bonds is 7. The lowest BCUT2D eigenvalue weighted by Gasteiger charge is -2.07. The Morgan fingerprint density at radius 2 is 1.86 bits per heavy atom. The molecule has 0 atom stereocenters. The van der Waals surface area contributed by atoms with Crippen LogP contribution in [-0.4, -0.2) is 12.5 Å². The lowest BCUT2D eigenvalue weighted by molar-refractivity contribution is -0.300. The molecule has 146 valence electrons. The summed E-state index contributed by atoms with van der Waals surface area (Å²) in [6.45, 7) is 2.53. The Morgan fingerprint density at radius 3 is 2.54 bits per heavy atom. The molecule has 28 heavy (non-hydrogen) atoms. The van der Waals surface area contributed by atoms with Crippen molar-refractivity contribution < 1.29 is 23.4 Å². The molecule has 0 aliphatic rings. The average Bonchev–Trinajstić information content (AvgIpc) is 3.15. The minimum absolute atomic E-state index is 0.264. The summed E-state index contributed by atoms with van der Waals surface area (Å²) in [5, 5.41) is 2.76.